The van der Waals surface area contributed by atoms with Gasteiger partial charge in [0, 0.05) is 25.7 Å². The van der Waals surface area contributed by atoms with Crippen LogP contribution >= 0.6 is 0 Å². The summed E-state index contributed by atoms with van der Waals surface area (Å²) in [5.74, 6) is 0. The van der Waals surface area contributed by atoms with Crippen LogP contribution in [0.25, 0.3) is 11.0 Å². The first-order valence-electron chi connectivity index (χ1n) is 8.30. The van der Waals surface area contributed by atoms with E-state index in [0.717, 1.165) is 49.9 Å². The third-order valence-corrected chi connectivity index (χ3v) is 5.29. The number of aromatic amines is 1. The molecule has 1 saturated heterocycles. The Labute approximate surface area is 141 Å². The summed E-state index contributed by atoms with van der Waals surface area (Å²) >= 11 is 0. The Morgan fingerprint density at radius 3 is 2.67 bits per heavy atom. The maximum absolute atomic E-state index is 12.3. The van der Waals surface area contributed by atoms with Gasteiger partial charge >= 0.3 is 5.69 Å². The lowest BCUT2D eigenvalue weighted by Gasteiger charge is -2.32. The molecule has 2 heterocycles. The molecule has 0 spiro atoms. The van der Waals surface area contributed by atoms with Crippen molar-refractivity contribution in [2.24, 2.45) is 0 Å². The molecular weight excluding hydrogens is 328 g/mol. The lowest BCUT2D eigenvalue weighted by Crippen LogP contribution is -2.38. The Balaban J connectivity index is 1.55. The summed E-state index contributed by atoms with van der Waals surface area (Å²) in [7, 11) is -3.10. The number of hydrogen-bond donors (Lipinski definition) is 2. The lowest BCUT2D eigenvalue weighted by atomic mass is 10.0. The van der Waals surface area contributed by atoms with Crippen molar-refractivity contribution >= 4 is 21.1 Å². The van der Waals surface area contributed by atoms with Gasteiger partial charge in [-0.1, -0.05) is 12.1 Å². The van der Waals surface area contributed by atoms with Crippen molar-refractivity contribution in [2.45, 2.75) is 25.3 Å². The number of para-hydroxylation sites is 2. The number of piperidine rings is 1. The second kappa shape index (κ2) is 7.08. The van der Waals surface area contributed by atoms with Crippen LogP contribution < -0.4 is 10.4 Å². The van der Waals surface area contributed by atoms with Gasteiger partial charge in [0.2, 0.25) is 10.0 Å². The second-order valence-corrected chi connectivity index (χ2v) is 8.24. The van der Waals surface area contributed by atoms with Gasteiger partial charge in [0.1, 0.15) is 0 Å². The van der Waals surface area contributed by atoms with E-state index >= 15 is 0 Å². The highest BCUT2D eigenvalue weighted by atomic mass is 32.2. The molecule has 1 aliphatic heterocycles. The van der Waals surface area contributed by atoms with E-state index in [1.54, 1.807) is 0 Å². The second-order valence-electron chi connectivity index (χ2n) is 6.41. The van der Waals surface area contributed by atoms with Gasteiger partial charge in [-0.25, -0.2) is 17.9 Å². The van der Waals surface area contributed by atoms with Gasteiger partial charge in [0.25, 0.3) is 0 Å². The molecule has 8 heteroatoms. The number of nitrogens with one attached hydrogen (secondary N) is 2. The van der Waals surface area contributed by atoms with E-state index in [1.807, 2.05) is 28.8 Å². The van der Waals surface area contributed by atoms with Gasteiger partial charge in [-0.15, -0.1) is 0 Å². The highest BCUT2D eigenvalue weighted by Gasteiger charge is 2.23. The summed E-state index contributed by atoms with van der Waals surface area (Å²) in [4.78, 5) is 17.5. The average molecular weight is 352 g/mol. The van der Waals surface area contributed by atoms with Crippen molar-refractivity contribution in [1.29, 1.82) is 0 Å². The first-order chi connectivity index (χ1) is 11.4. The number of likely N-dealkylation sites (tertiary alicyclic amines) is 1. The lowest BCUT2D eigenvalue weighted by molar-refractivity contribution is 0.185. The predicted octanol–water partition coefficient (Wildman–Crippen LogP) is 0.906. The van der Waals surface area contributed by atoms with Crippen molar-refractivity contribution in [3.63, 3.8) is 0 Å². The number of aromatic nitrogens is 2. The molecule has 2 aromatic rings. The monoisotopic (exact) mass is 352 g/mol. The van der Waals surface area contributed by atoms with Gasteiger partial charge < -0.3 is 9.88 Å². The predicted molar refractivity (Wildman–Crippen MR) is 94.7 cm³/mol. The summed E-state index contributed by atoms with van der Waals surface area (Å²) in [5, 5.41) is 0. The zero-order valence-corrected chi connectivity index (χ0v) is 14.7. The minimum atomic E-state index is -3.10. The molecule has 132 valence electrons. The maximum atomic E-state index is 12.3. The number of H-pyrrole nitrogens is 1. The zero-order valence-electron chi connectivity index (χ0n) is 13.9. The van der Waals surface area contributed by atoms with E-state index in [2.05, 4.69) is 14.6 Å². The van der Waals surface area contributed by atoms with E-state index in [9.17, 15) is 13.2 Å². The van der Waals surface area contributed by atoms with Gasteiger partial charge in [0.15, 0.2) is 0 Å². The number of rotatable bonds is 6. The molecular formula is C16H24N4O3S. The van der Waals surface area contributed by atoms with Crippen molar-refractivity contribution in [2.75, 3.05) is 32.4 Å². The van der Waals surface area contributed by atoms with Crippen LogP contribution in [0.4, 0.5) is 0 Å². The zero-order chi connectivity index (χ0) is 17.2. The molecule has 2 N–H and O–H groups in total. The van der Waals surface area contributed by atoms with Crippen molar-refractivity contribution < 1.29 is 8.42 Å². The van der Waals surface area contributed by atoms with Gasteiger partial charge in [-0.05, 0) is 37.9 Å². The quantitative estimate of drug-likeness (QED) is 0.757. The summed E-state index contributed by atoms with van der Waals surface area (Å²) < 4.78 is 26.5. The van der Waals surface area contributed by atoms with E-state index < -0.39 is 10.0 Å². The Morgan fingerprint density at radius 2 is 1.96 bits per heavy atom. The maximum Gasteiger partial charge on any atom is 0.326 e. The van der Waals surface area contributed by atoms with Crippen LogP contribution in [0.15, 0.2) is 29.1 Å². The summed E-state index contributed by atoms with van der Waals surface area (Å²) in [6.07, 6.45) is 3.84. The van der Waals surface area contributed by atoms with Crippen LogP contribution in [0.3, 0.4) is 0 Å². The summed E-state index contributed by atoms with van der Waals surface area (Å²) in [6, 6.07) is 8.01. The third-order valence-electron chi connectivity index (χ3n) is 4.56. The molecule has 0 aliphatic carbocycles. The molecule has 0 amide bonds. The topological polar surface area (TPSA) is 87.2 Å². The third kappa shape index (κ3) is 4.06. The number of imidazole rings is 1. The minimum absolute atomic E-state index is 0.0352. The summed E-state index contributed by atoms with van der Waals surface area (Å²) in [5.41, 5.74) is 1.82. The number of benzene rings is 1. The molecule has 24 heavy (non-hydrogen) atoms. The number of hydrogen-bond acceptors (Lipinski definition) is 4. The van der Waals surface area contributed by atoms with Gasteiger partial charge in [-0.2, -0.15) is 0 Å². The van der Waals surface area contributed by atoms with Crippen molar-refractivity contribution in [3.8, 4) is 0 Å². The van der Waals surface area contributed by atoms with E-state index in [4.69, 9.17) is 0 Å². The molecule has 3 rings (SSSR count). The molecule has 0 saturated carbocycles. The smallest absolute Gasteiger partial charge is 0.306 e. The fraction of sp³-hybridized carbons (Fsp3) is 0.562. The molecule has 0 unspecified atom stereocenters. The molecule has 1 aromatic carbocycles. The molecule has 1 aliphatic rings. The highest BCUT2D eigenvalue weighted by Crippen LogP contribution is 2.24. The van der Waals surface area contributed by atoms with E-state index in [1.165, 1.54) is 6.26 Å². The first-order valence-corrected chi connectivity index (χ1v) is 10.2. The molecule has 7 nitrogen and oxygen atoms in total. The average Bonchev–Trinajstić information content (AvgIpc) is 2.87. The van der Waals surface area contributed by atoms with Crippen molar-refractivity contribution in [1.82, 2.24) is 19.2 Å². The van der Waals surface area contributed by atoms with Crippen LogP contribution in [0.5, 0.6) is 0 Å². The van der Waals surface area contributed by atoms with Crippen LogP contribution in [-0.4, -0.2) is 55.3 Å². The summed E-state index contributed by atoms with van der Waals surface area (Å²) in [6.45, 7) is 3.20. The molecule has 1 fully saturated rings. The number of sulfonamides is 1. The molecule has 0 bridgehead atoms. The molecule has 0 radical (unpaired) electrons. The standard InChI is InChI=1S/C16H24N4O3S/c1-24(22,23)17-9-4-10-19-11-7-13(8-12-19)20-15-6-3-2-5-14(15)18-16(20)21/h2-3,5-6,13,17H,4,7-12H2,1H3,(H,18,21). The highest BCUT2D eigenvalue weighted by molar-refractivity contribution is 7.88. The Hall–Kier alpha value is -1.64. The Bertz CT molecular complexity index is 848. The van der Waals surface area contributed by atoms with Crippen LogP contribution in [0, 0.1) is 0 Å². The van der Waals surface area contributed by atoms with Gasteiger partial charge in [-0.3, -0.25) is 4.57 Å². The Morgan fingerprint density at radius 1 is 1.25 bits per heavy atom. The molecule has 1 aromatic heterocycles. The van der Waals surface area contributed by atoms with Crippen LogP contribution in [0.2, 0.25) is 0 Å². The van der Waals surface area contributed by atoms with Crippen LogP contribution in [-0.2, 0) is 10.0 Å². The normalized spacial score (nSPS) is 17.5. The van der Waals surface area contributed by atoms with Crippen molar-refractivity contribution in [3.05, 3.63) is 34.7 Å². The minimum Gasteiger partial charge on any atom is -0.306 e. The van der Waals surface area contributed by atoms with E-state index in [-0.39, 0.29) is 11.7 Å². The molecule has 0 atom stereocenters. The van der Waals surface area contributed by atoms with Crippen LogP contribution in [0.1, 0.15) is 25.3 Å². The Kier molecular flexibility index (Phi) is 5.07. The fourth-order valence-electron chi connectivity index (χ4n) is 3.40. The largest absolute Gasteiger partial charge is 0.326 e. The first kappa shape index (κ1) is 17.2. The SMILES string of the molecule is CS(=O)(=O)NCCCN1CCC(n2c(=O)[nH]c3ccccc32)CC1. The number of fused-ring (bicyclic) bond motifs is 1. The number of nitrogens with zero attached hydrogens (tertiary/aromatic N) is 2. The van der Waals surface area contributed by atoms with E-state index in [0.29, 0.717) is 6.54 Å². The fourth-order valence-corrected chi connectivity index (χ4v) is 3.91. The van der Waals surface area contributed by atoms with Gasteiger partial charge in [0.05, 0.1) is 17.3 Å².